The van der Waals surface area contributed by atoms with Crippen LogP contribution in [-0.2, 0) is 19.3 Å². The number of benzene rings is 2. The monoisotopic (exact) mass is 402 g/mol. The number of amides is 2. The van der Waals surface area contributed by atoms with E-state index in [9.17, 15) is 19.5 Å². The zero-order chi connectivity index (χ0) is 19.3. The zero-order valence-corrected chi connectivity index (χ0v) is 15.8. The summed E-state index contributed by atoms with van der Waals surface area (Å²) in [6.07, 6.45) is -0.357. The van der Waals surface area contributed by atoms with Crippen molar-refractivity contribution in [3.8, 4) is 0 Å². The normalized spacial score (nSPS) is 23.6. The van der Waals surface area contributed by atoms with Crippen molar-refractivity contribution in [2.75, 3.05) is 10.2 Å². The number of fused-ring (bicyclic) bond motifs is 2. The van der Waals surface area contributed by atoms with Crippen molar-refractivity contribution in [2.24, 2.45) is 0 Å². The van der Waals surface area contributed by atoms with E-state index in [1.54, 1.807) is 30.3 Å². The molecule has 1 saturated heterocycles. The molecule has 6 nitrogen and oxygen atoms in total. The van der Waals surface area contributed by atoms with E-state index >= 15 is 0 Å². The first-order valence-electron chi connectivity index (χ1n) is 8.25. The molecule has 2 amide bonds. The Labute approximate surface area is 164 Å². The summed E-state index contributed by atoms with van der Waals surface area (Å²) in [5.74, 6) is -1.85. The van der Waals surface area contributed by atoms with Gasteiger partial charge in [-0.25, -0.2) is 0 Å². The molecule has 2 aliphatic heterocycles. The molecule has 2 aliphatic rings. The van der Waals surface area contributed by atoms with E-state index in [-0.39, 0.29) is 12.3 Å². The fourth-order valence-electron chi connectivity index (χ4n) is 3.51. The summed E-state index contributed by atoms with van der Waals surface area (Å²) in [5.41, 5.74) is 2.72. The minimum absolute atomic E-state index is 0.357. The highest BCUT2D eigenvalue weighted by molar-refractivity contribution is 8.03. The maximum absolute atomic E-state index is 13.2. The lowest BCUT2D eigenvalue weighted by Gasteiger charge is -2.32. The fraction of sp³-hybridized carbons (Fsp3) is 0.211. The highest BCUT2D eigenvalue weighted by Gasteiger charge is 2.62. The Bertz CT molecular complexity index is 978. The predicted molar refractivity (Wildman–Crippen MR) is 104 cm³/mol. The lowest BCUT2D eigenvalue weighted by atomic mass is 10.0. The smallest absolute Gasteiger partial charge is 0.305 e. The minimum atomic E-state index is -1.34. The van der Waals surface area contributed by atoms with E-state index in [1.165, 1.54) is 4.90 Å². The summed E-state index contributed by atoms with van der Waals surface area (Å²) in [4.78, 5) is 37.6. The van der Waals surface area contributed by atoms with E-state index < -0.39 is 22.0 Å². The standard InChI is InChI=1S/C19H15ClN2O4S/c1-10-2-7-14-13(8-10)19(18(26)21-14)22(12-5-3-11(20)4-6-12)17(25)15(27-19)9-16(23)24/h2-8,15H,9H2,1H3,(H,21,26)(H,23,24)/t15-,19+/m1/s1. The predicted octanol–water partition coefficient (Wildman–Crippen LogP) is 3.38. The van der Waals surface area contributed by atoms with Crippen molar-refractivity contribution in [1.82, 2.24) is 0 Å². The summed E-state index contributed by atoms with van der Waals surface area (Å²) >= 11 is 7.04. The van der Waals surface area contributed by atoms with Crippen molar-refractivity contribution in [2.45, 2.75) is 23.5 Å². The number of aliphatic carboxylic acids is 1. The van der Waals surface area contributed by atoms with Crippen LogP contribution in [0.2, 0.25) is 5.02 Å². The van der Waals surface area contributed by atoms with Crippen LogP contribution in [0, 0.1) is 6.92 Å². The fourth-order valence-corrected chi connectivity index (χ4v) is 5.24. The van der Waals surface area contributed by atoms with Crippen LogP contribution in [0.3, 0.4) is 0 Å². The largest absolute Gasteiger partial charge is 0.481 e. The zero-order valence-electron chi connectivity index (χ0n) is 14.2. The Hall–Kier alpha value is -2.51. The highest BCUT2D eigenvalue weighted by Crippen LogP contribution is 2.56. The summed E-state index contributed by atoms with van der Waals surface area (Å²) in [7, 11) is 0. The van der Waals surface area contributed by atoms with Crippen LogP contribution in [0.15, 0.2) is 42.5 Å². The summed E-state index contributed by atoms with van der Waals surface area (Å²) in [6, 6.07) is 12.1. The Morgan fingerprint density at radius 3 is 2.63 bits per heavy atom. The van der Waals surface area contributed by atoms with Crippen LogP contribution in [0.1, 0.15) is 17.5 Å². The van der Waals surface area contributed by atoms with Gasteiger partial charge in [0.15, 0.2) is 0 Å². The SMILES string of the molecule is Cc1ccc2c(c1)[C@]1(S[C@H](CC(=O)O)C(=O)N1c1ccc(Cl)cc1)C(=O)N2. The third-order valence-electron chi connectivity index (χ3n) is 4.66. The molecule has 0 radical (unpaired) electrons. The van der Waals surface area contributed by atoms with Gasteiger partial charge in [-0.1, -0.05) is 29.3 Å². The lowest BCUT2D eigenvalue weighted by Crippen LogP contribution is -2.47. The first-order valence-corrected chi connectivity index (χ1v) is 9.50. The molecule has 138 valence electrons. The molecule has 2 atom stereocenters. The number of hydrogen-bond donors (Lipinski definition) is 2. The average molecular weight is 403 g/mol. The van der Waals surface area contributed by atoms with Crippen LogP contribution < -0.4 is 10.2 Å². The Morgan fingerprint density at radius 1 is 1.26 bits per heavy atom. The van der Waals surface area contributed by atoms with E-state index in [4.69, 9.17) is 11.6 Å². The second kappa shape index (κ2) is 6.28. The first-order chi connectivity index (χ1) is 12.8. The number of hydrogen-bond acceptors (Lipinski definition) is 4. The molecule has 0 aromatic heterocycles. The van der Waals surface area contributed by atoms with Gasteiger partial charge in [0.25, 0.3) is 5.91 Å². The molecule has 0 unspecified atom stereocenters. The van der Waals surface area contributed by atoms with Gasteiger partial charge >= 0.3 is 5.97 Å². The molecule has 1 fully saturated rings. The molecular formula is C19H15ClN2O4S. The molecule has 0 saturated carbocycles. The van der Waals surface area contributed by atoms with Crippen LogP contribution >= 0.6 is 23.4 Å². The number of rotatable bonds is 3. The first kappa shape index (κ1) is 17.9. The molecule has 0 bridgehead atoms. The molecule has 2 N–H and O–H groups in total. The molecule has 4 rings (SSSR count). The van der Waals surface area contributed by atoms with E-state index in [0.29, 0.717) is 22.0 Å². The van der Waals surface area contributed by atoms with Crippen molar-refractivity contribution in [3.05, 3.63) is 58.6 Å². The number of thioether (sulfide) groups is 1. The van der Waals surface area contributed by atoms with Gasteiger partial charge in [0.1, 0.15) is 0 Å². The molecule has 2 aromatic rings. The number of carboxylic acid groups (broad SMARTS) is 1. The van der Waals surface area contributed by atoms with Crippen molar-refractivity contribution >= 4 is 52.5 Å². The number of halogens is 1. The maximum Gasteiger partial charge on any atom is 0.305 e. The van der Waals surface area contributed by atoms with Crippen LogP contribution in [0.25, 0.3) is 0 Å². The number of anilines is 2. The minimum Gasteiger partial charge on any atom is -0.481 e. The Balaban J connectivity index is 1.92. The molecule has 27 heavy (non-hydrogen) atoms. The van der Waals surface area contributed by atoms with Gasteiger partial charge < -0.3 is 10.4 Å². The van der Waals surface area contributed by atoms with Gasteiger partial charge in [-0.3, -0.25) is 19.3 Å². The highest BCUT2D eigenvalue weighted by atomic mass is 35.5. The third kappa shape index (κ3) is 2.69. The van der Waals surface area contributed by atoms with E-state index in [0.717, 1.165) is 17.3 Å². The number of aryl methyl sites for hydroxylation is 1. The summed E-state index contributed by atoms with van der Waals surface area (Å²) in [6.45, 7) is 1.90. The van der Waals surface area contributed by atoms with Gasteiger partial charge in [-0.05, 0) is 37.3 Å². The summed E-state index contributed by atoms with van der Waals surface area (Å²) in [5, 5.41) is 11.7. The second-order valence-corrected chi connectivity index (χ2v) is 8.33. The second-order valence-electron chi connectivity index (χ2n) is 6.50. The maximum atomic E-state index is 13.2. The van der Waals surface area contributed by atoms with Gasteiger partial charge in [0.2, 0.25) is 10.8 Å². The topological polar surface area (TPSA) is 86.7 Å². The quantitative estimate of drug-likeness (QED) is 0.821. The molecule has 8 heteroatoms. The Morgan fingerprint density at radius 2 is 1.96 bits per heavy atom. The number of nitrogens with one attached hydrogen (secondary N) is 1. The summed E-state index contributed by atoms with van der Waals surface area (Å²) < 4.78 is 0. The van der Waals surface area contributed by atoms with Gasteiger partial charge in [-0.2, -0.15) is 0 Å². The number of nitrogens with zero attached hydrogens (tertiary/aromatic N) is 1. The Kier molecular flexibility index (Phi) is 4.16. The lowest BCUT2D eigenvalue weighted by molar-refractivity contribution is -0.138. The molecule has 0 aliphatic carbocycles. The third-order valence-corrected chi connectivity index (χ3v) is 6.50. The number of carbonyl (C=O) groups excluding carboxylic acids is 2. The van der Waals surface area contributed by atoms with Gasteiger partial charge in [-0.15, -0.1) is 11.8 Å². The number of carboxylic acids is 1. The van der Waals surface area contributed by atoms with Gasteiger partial charge in [0.05, 0.1) is 11.7 Å². The van der Waals surface area contributed by atoms with Crippen molar-refractivity contribution in [1.29, 1.82) is 0 Å². The van der Waals surface area contributed by atoms with Crippen molar-refractivity contribution in [3.63, 3.8) is 0 Å². The molecule has 2 aromatic carbocycles. The van der Waals surface area contributed by atoms with Gasteiger partial charge in [0, 0.05) is 22.0 Å². The van der Waals surface area contributed by atoms with E-state index in [1.807, 2.05) is 19.1 Å². The van der Waals surface area contributed by atoms with Crippen molar-refractivity contribution < 1.29 is 19.5 Å². The van der Waals surface area contributed by atoms with Crippen LogP contribution in [0.5, 0.6) is 0 Å². The molecule has 2 heterocycles. The molecule has 1 spiro atoms. The number of carbonyl (C=O) groups is 3. The average Bonchev–Trinajstić information content (AvgIpc) is 3.04. The van der Waals surface area contributed by atoms with E-state index in [2.05, 4.69) is 5.32 Å². The molecular weight excluding hydrogens is 388 g/mol. The van der Waals surface area contributed by atoms with Crippen LogP contribution in [0.4, 0.5) is 11.4 Å². The van der Waals surface area contributed by atoms with Crippen LogP contribution in [-0.4, -0.2) is 28.1 Å².